The first-order valence-corrected chi connectivity index (χ1v) is 9.93. The number of benzene rings is 3. The first kappa shape index (κ1) is 20.2. The Balaban J connectivity index is 1.81. The molecule has 144 valence electrons. The fourth-order valence-electron chi connectivity index (χ4n) is 2.81. The monoisotopic (exact) mass is 437 g/mol. The second-order valence-electron chi connectivity index (χ2n) is 6.79. The number of methoxy groups -OCH3 is 1. The largest absolute Gasteiger partial charge is 0.493 e. The van der Waals surface area contributed by atoms with Crippen LogP contribution in [-0.4, -0.2) is 13.3 Å². The van der Waals surface area contributed by atoms with Gasteiger partial charge in [0.05, 0.1) is 17.3 Å². The van der Waals surface area contributed by atoms with Crippen molar-refractivity contribution in [3.63, 3.8) is 0 Å². The molecule has 4 heteroatoms. The minimum Gasteiger partial charge on any atom is -0.493 e. The lowest BCUT2D eigenvalue weighted by Crippen LogP contribution is -1.99. The van der Waals surface area contributed by atoms with Crippen LogP contribution in [0.5, 0.6) is 11.5 Å². The fourth-order valence-corrected chi connectivity index (χ4v) is 3.39. The highest BCUT2D eigenvalue weighted by atomic mass is 79.9. The van der Waals surface area contributed by atoms with Gasteiger partial charge in [0.1, 0.15) is 6.61 Å². The molecule has 0 N–H and O–H groups in total. The summed E-state index contributed by atoms with van der Waals surface area (Å²) in [6.45, 7) is 6.72. The molecule has 0 aliphatic carbocycles. The molecule has 0 unspecified atom stereocenters. The number of rotatable bonds is 6. The van der Waals surface area contributed by atoms with Crippen molar-refractivity contribution >= 4 is 27.8 Å². The zero-order valence-corrected chi connectivity index (χ0v) is 18.2. The first-order valence-electron chi connectivity index (χ1n) is 9.14. The third-order valence-corrected chi connectivity index (χ3v) is 5.27. The smallest absolute Gasteiger partial charge is 0.175 e. The molecule has 3 aromatic rings. The molecule has 28 heavy (non-hydrogen) atoms. The van der Waals surface area contributed by atoms with Gasteiger partial charge >= 0.3 is 0 Å². The summed E-state index contributed by atoms with van der Waals surface area (Å²) in [5.74, 6) is 1.36. The van der Waals surface area contributed by atoms with Crippen molar-refractivity contribution in [2.45, 2.75) is 27.4 Å². The minimum absolute atomic E-state index is 0.477. The SMILES string of the molecule is COc1cc(C=Nc2cccc(C)c2C)cc(Br)c1OCc1ccc(C)cc1. The van der Waals surface area contributed by atoms with Crippen LogP contribution < -0.4 is 9.47 Å². The van der Waals surface area contributed by atoms with E-state index in [9.17, 15) is 0 Å². The van der Waals surface area contributed by atoms with Crippen molar-refractivity contribution in [1.29, 1.82) is 0 Å². The lowest BCUT2D eigenvalue weighted by molar-refractivity contribution is 0.282. The van der Waals surface area contributed by atoms with Crippen molar-refractivity contribution in [2.75, 3.05) is 7.11 Å². The molecule has 0 saturated carbocycles. The summed E-state index contributed by atoms with van der Waals surface area (Å²) < 4.78 is 12.4. The molecule has 0 amide bonds. The summed E-state index contributed by atoms with van der Waals surface area (Å²) in [7, 11) is 1.64. The molecule has 0 bridgehead atoms. The Labute approximate surface area is 175 Å². The summed E-state index contributed by atoms with van der Waals surface area (Å²) in [5, 5.41) is 0. The zero-order valence-electron chi connectivity index (χ0n) is 16.6. The Bertz CT molecular complexity index is 994. The van der Waals surface area contributed by atoms with E-state index < -0.39 is 0 Å². The summed E-state index contributed by atoms with van der Waals surface area (Å²) in [4.78, 5) is 4.64. The van der Waals surface area contributed by atoms with Crippen LogP contribution in [0.3, 0.4) is 0 Å². The number of hydrogen-bond donors (Lipinski definition) is 0. The number of ether oxygens (including phenoxy) is 2. The van der Waals surface area contributed by atoms with Crippen LogP contribution in [0.15, 0.2) is 64.1 Å². The summed E-state index contributed by atoms with van der Waals surface area (Å²) in [6.07, 6.45) is 1.85. The Hall–Kier alpha value is -2.59. The van der Waals surface area contributed by atoms with E-state index in [0.717, 1.165) is 21.3 Å². The fraction of sp³-hybridized carbons (Fsp3) is 0.208. The van der Waals surface area contributed by atoms with Gasteiger partial charge in [-0.1, -0.05) is 42.0 Å². The van der Waals surface area contributed by atoms with E-state index in [0.29, 0.717) is 18.1 Å². The van der Waals surface area contributed by atoms with Gasteiger partial charge < -0.3 is 9.47 Å². The molecule has 0 saturated heterocycles. The van der Waals surface area contributed by atoms with Gasteiger partial charge in [-0.25, -0.2) is 0 Å². The Morgan fingerprint density at radius 3 is 2.46 bits per heavy atom. The molecule has 0 aromatic heterocycles. The number of hydrogen-bond acceptors (Lipinski definition) is 3. The molecule has 3 aromatic carbocycles. The van der Waals surface area contributed by atoms with Crippen molar-refractivity contribution < 1.29 is 9.47 Å². The van der Waals surface area contributed by atoms with Crippen LogP contribution >= 0.6 is 15.9 Å². The standard InChI is InChI=1S/C24H24BrNO2/c1-16-8-10-19(11-9-16)15-28-24-21(25)12-20(13-23(24)27-4)14-26-22-7-5-6-17(2)18(22)3/h5-14H,15H2,1-4H3. The van der Waals surface area contributed by atoms with Crippen molar-refractivity contribution in [3.8, 4) is 11.5 Å². The maximum Gasteiger partial charge on any atom is 0.175 e. The van der Waals surface area contributed by atoms with Crippen molar-refractivity contribution in [2.24, 2.45) is 4.99 Å². The topological polar surface area (TPSA) is 30.8 Å². The average Bonchev–Trinajstić information content (AvgIpc) is 2.69. The summed E-state index contributed by atoms with van der Waals surface area (Å²) in [5.41, 5.74) is 6.66. The first-order chi connectivity index (χ1) is 13.5. The van der Waals surface area contributed by atoms with Gasteiger partial charge in [-0.15, -0.1) is 0 Å². The van der Waals surface area contributed by atoms with Crippen LogP contribution in [0.2, 0.25) is 0 Å². The highest BCUT2D eigenvalue weighted by Crippen LogP contribution is 2.37. The zero-order chi connectivity index (χ0) is 20.1. The van der Waals surface area contributed by atoms with E-state index in [1.165, 1.54) is 16.7 Å². The molecule has 0 aliphatic heterocycles. The van der Waals surface area contributed by atoms with Gasteiger partial charge in [0, 0.05) is 6.21 Å². The highest BCUT2D eigenvalue weighted by Gasteiger charge is 2.12. The molecule has 0 spiro atoms. The molecule has 3 nitrogen and oxygen atoms in total. The van der Waals surface area contributed by atoms with Crippen LogP contribution in [0, 0.1) is 20.8 Å². The number of halogens is 1. The van der Waals surface area contributed by atoms with Gasteiger partial charge in [-0.2, -0.15) is 0 Å². The van der Waals surface area contributed by atoms with E-state index in [1.807, 2.05) is 30.5 Å². The van der Waals surface area contributed by atoms with E-state index in [2.05, 4.69) is 72.0 Å². The van der Waals surface area contributed by atoms with Crippen molar-refractivity contribution in [1.82, 2.24) is 0 Å². The molecule has 0 fully saturated rings. The lowest BCUT2D eigenvalue weighted by Gasteiger charge is -2.14. The van der Waals surface area contributed by atoms with E-state index in [4.69, 9.17) is 9.47 Å². The summed E-state index contributed by atoms with van der Waals surface area (Å²) in [6, 6.07) is 18.4. The van der Waals surface area contributed by atoms with Gasteiger partial charge in [0.15, 0.2) is 11.5 Å². The quantitative estimate of drug-likeness (QED) is 0.401. The molecule has 0 aliphatic rings. The van der Waals surface area contributed by atoms with Crippen molar-refractivity contribution in [3.05, 3.63) is 86.9 Å². The minimum atomic E-state index is 0.477. The second-order valence-corrected chi connectivity index (χ2v) is 7.64. The van der Waals surface area contributed by atoms with E-state index in [-0.39, 0.29) is 0 Å². The average molecular weight is 438 g/mol. The highest BCUT2D eigenvalue weighted by molar-refractivity contribution is 9.10. The predicted molar refractivity (Wildman–Crippen MR) is 119 cm³/mol. The Morgan fingerprint density at radius 2 is 1.75 bits per heavy atom. The number of aryl methyl sites for hydroxylation is 2. The number of aliphatic imine (C=N–C) groups is 1. The van der Waals surface area contributed by atoms with Crippen LogP contribution in [-0.2, 0) is 6.61 Å². The predicted octanol–water partition coefficient (Wildman–Crippen LogP) is 6.71. The van der Waals surface area contributed by atoms with Crippen LogP contribution in [0.25, 0.3) is 0 Å². The van der Waals surface area contributed by atoms with Gasteiger partial charge in [-0.05, 0) is 77.2 Å². The van der Waals surface area contributed by atoms with Gasteiger partial charge in [0.2, 0.25) is 0 Å². The normalized spacial score (nSPS) is 11.0. The van der Waals surface area contributed by atoms with E-state index in [1.54, 1.807) is 7.11 Å². The third kappa shape index (κ3) is 4.82. The Morgan fingerprint density at radius 1 is 1.00 bits per heavy atom. The van der Waals surface area contributed by atoms with Gasteiger partial charge in [-0.3, -0.25) is 4.99 Å². The van der Waals surface area contributed by atoms with E-state index >= 15 is 0 Å². The van der Waals surface area contributed by atoms with Crippen LogP contribution in [0.1, 0.15) is 27.8 Å². The second kappa shape index (κ2) is 9.07. The number of nitrogens with zero attached hydrogens (tertiary/aromatic N) is 1. The summed E-state index contributed by atoms with van der Waals surface area (Å²) >= 11 is 3.61. The third-order valence-electron chi connectivity index (χ3n) is 4.68. The Kier molecular flexibility index (Phi) is 6.53. The maximum absolute atomic E-state index is 6.02. The molecule has 0 atom stereocenters. The molecule has 3 rings (SSSR count). The molecular formula is C24H24BrNO2. The lowest BCUT2D eigenvalue weighted by atomic mass is 10.1. The molecule has 0 heterocycles. The molecule has 0 radical (unpaired) electrons. The molecular weight excluding hydrogens is 414 g/mol. The van der Waals surface area contributed by atoms with Gasteiger partial charge in [0.25, 0.3) is 0 Å². The van der Waals surface area contributed by atoms with Crippen LogP contribution in [0.4, 0.5) is 5.69 Å². The maximum atomic E-state index is 6.02.